The number of hydrogen-bond donors (Lipinski definition) is 1. The molecule has 4 aromatic rings. The van der Waals surface area contributed by atoms with Crippen molar-refractivity contribution >= 4 is 11.9 Å². The zero-order valence-electron chi connectivity index (χ0n) is 25.4. The number of carbonyl (C=O) groups is 2. The number of aromatic carboxylic acids is 1. The summed E-state index contributed by atoms with van der Waals surface area (Å²) in [4.78, 5) is 30.8. The van der Waals surface area contributed by atoms with E-state index in [1.165, 1.54) is 36.4 Å². The highest BCUT2D eigenvalue weighted by Gasteiger charge is 2.49. The summed E-state index contributed by atoms with van der Waals surface area (Å²) in [5.41, 5.74) is 0.423. The molecule has 1 aromatic heterocycles. The molecule has 6 rings (SSSR count). The van der Waals surface area contributed by atoms with Gasteiger partial charge in [-0.2, -0.15) is 26.3 Å². The molecule has 13 heteroatoms. The molecule has 250 valence electrons. The third-order valence-electron chi connectivity index (χ3n) is 9.11. The van der Waals surface area contributed by atoms with E-state index in [9.17, 15) is 45.4 Å². The molecule has 1 amide bonds. The van der Waals surface area contributed by atoms with Crippen LogP contribution in [-0.4, -0.2) is 40.0 Å². The van der Waals surface area contributed by atoms with E-state index in [0.717, 1.165) is 24.3 Å². The first-order chi connectivity index (χ1) is 22.6. The molecule has 2 saturated heterocycles. The number of hydrogen-bond acceptors (Lipinski definition) is 4. The van der Waals surface area contributed by atoms with Gasteiger partial charge in [0.1, 0.15) is 5.82 Å². The Kier molecular flexibility index (Phi) is 8.20. The number of halogens is 7. The number of ether oxygens (including phenoxy) is 1. The van der Waals surface area contributed by atoms with Gasteiger partial charge in [0.15, 0.2) is 0 Å². The SMILES string of the molecule is COc1ncc(-c2ccc(C(=O)O)cc2C)cc1-c1ccc(C(F)(F)F)cc1[C@@H]1CC[C@H]2[C@@H](c3cc(F)cc(C(F)(F)F)c3)CC(=O)N12. The Morgan fingerprint density at radius 1 is 0.896 bits per heavy atom. The lowest BCUT2D eigenvalue weighted by atomic mass is 9.88. The molecule has 2 aliphatic rings. The van der Waals surface area contributed by atoms with Crippen LogP contribution < -0.4 is 4.74 Å². The minimum absolute atomic E-state index is 0.00375. The monoisotopic (exact) mass is 672 g/mol. The quantitative estimate of drug-likeness (QED) is 0.207. The Morgan fingerprint density at radius 2 is 1.60 bits per heavy atom. The van der Waals surface area contributed by atoms with Crippen LogP contribution in [0.5, 0.6) is 5.88 Å². The van der Waals surface area contributed by atoms with E-state index in [4.69, 9.17) is 4.74 Å². The zero-order chi connectivity index (χ0) is 34.7. The lowest BCUT2D eigenvalue weighted by molar-refractivity contribution is -0.138. The molecule has 0 spiro atoms. The van der Waals surface area contributed by atoms with Crippen molar-refractivity contribution < 1.29 is 50.2 Å². The highest BCUT2D eigenvalue weighted by atomic mass is 19.4. The van der Waals surface area contributed by atoms with Crippen molar-refractivity contribution in [2.24, 2.45) is 0 Å². The number of amides is 1. The minimum Gasteiger partial charge on any atom is -0.481 e. The van der Waals surface area contributed by atoms with Gasteiger partial charge in [0.25, 0.3) is 0 Å². The van der Waals surface area contributed by atoms with Crippen molar-refractivity contribution in [1.29, 1.82) is 0 Å². The largest absolute Gasteiger partial charge is 0.481 e. The molecule has 48 heavy (non-hydrogen) atoms. The van der Waals surface area contributed by atoms with Crippen LogP contribution in [-0.2, 0) is 17.1 Å². The van der Waals surface area contributed by atoms with Gasteiger partial charge >= 0.3 is 18.3 Å². The van der Waals surface area contributed by atoms with Crippen molar-refractivity contribution in [2.45, 2.75) is 56.5 Å². The van der Waals surface area contributed by atoms with Crippen molar-refractivity contribution in [1.82, 2.24) is 9.88 Å². The number of nitrogens with zero attached hydrogens (tertiary/aromatic N) is 2. The number of methoxy groups -OCH3 is 1. The first-order valence-electron chi connectivity index (χ1n) is 14.9. The fraction of sp³-hybridized carbons (Fsp3) is 0.286. The lowest BCUT2D eigenvalue weighted by Gasteiger charge is -2.29. The van der Waals surface area contributed by atoms with Gasteiger partial charge in [0.05, 0.1) is 29.8 Å². The van der Waals surface area contributed by atoms with Gasteiger partial charge < -0.3 is 14.7 Å². The molecule has 3 atom stereocenters. The Bertz CT molecular complexity index is 1940. The number of carboxylic acids is 1. The normalized spacial score (nSPS) is 19.5. The number of aromatic nitrogens is 1. The minimum atomic E-state index is -4.82. The van der Waals surface area contributed by atoms with Crippen LogP contribution in [0, 0.1) is 12.7 Å². The predicted octanol–water partition coefficient (Wildman–Crippen LogP) is 8.83. The third-order valence-corrected chi connectivity index (χ3v) is 9.11. The van der Waals surface area contributed by atoms with Crippen molar-refractivity contribution in [3.8, 4) is 28.1 Å². The smallest absolute Gasteiger partial charge is 0.416 e. The standard InChI is InChI=1S/C35H27F7N2O4/c1-17-9-18(33(46)47)3-5-24(17)20-12-28(32(48-2)43-16-20)25-6-4-21(34(37,38)39)14-27(25)30-8-7-29-26(15-31(45)44(29)30)19-10-22(35(40,41)42)13-23(36)11-19/h3-6,9-14,16,26,29-30H,7-8,15H2,1-2H3,(H,46,47)/t26-,29+,30+/m1/s1. The second kappa shape index (κ2) is 11.9. The number of benzene rings is 3. The molecule has 1 N–H and O–H groups in total. The summed E-state index contributed by atoms with van der Waals surface area (Å²) in [6, 6.07) is 9.91. The highest BCUT2D eigenvalue weighted by molar-refractivity contribution is 5.89. The second-order valence-electron chi connectivity index (χ2n) is 12.0. The lowest BCUT2D eigenvalue weighted by Crippen LogP contribution is -2.31. The number of fused-ring (bicyclic) bond motifs is 1. The Hall–Kier alpha value is -4.94. The number of rotatable bonds is 6. The summed E-state index contributed by atoms with van der Waals surface area (Å²) in [5, 5.41) is 9.37. The van der Waals surface area contributed by atoms with E-state index in [2.05, 4.69) is 4.98 Å². The van der Waals surface area contributed by atoms with Crippen molar-refractivity contribution in [3.63, 3.8) is 0 Å². The first-order valence-corrected chi connectivity index (χ1v) is 14.9. The molecule has 0 bridgehead atoms. The second-order valence-corrected chi connectivity index (χ2v) is 12.0. The van der Waals surface area contributed by atoms with Crippen molar-refractivity contribution in [3.05, 3.63) is 106 Å². The molecule has 2 aliphatic heterocycles. The molecular formula is C35H27F7N2O4. The van der Waals surface area contributed by atoms with Gasteiger partial charge in [-0.25, -0.2) is 14.2 Å². The fourth-order valence-electron chi connectivity index (χ4n) is 6.99. The van der Waals surface area contributed by atoms with E-state index in [0.29, 0.717) is 33.9 Å². The van der Waals surface area contributed by atoms with Crippen LogP contribution in [0.1, 0.15) is 69.4 Å². The van der Waals surface area contributed by atoms with Crippen LogP contribution in [0.25, 0.3) is 22.3 Å². The van der Waals surface area contributed by atoms with Crippen LogP contribution in [0.3, 0.4) is 0 Å². The fourth-order valence-corrected chi connectivity index (χ4v) is 6.99. The van der Waals surface area contributed by atoms with Gasteiger partial charge in [-0.1, -0.05) is 12.1 Å². The molecular weight excluding hydrogens is 645 g/mol. The molecule has 2 fully saturated rings. The van der Waals surface area contributed by atoms with E-state index in [-0.39, 0.29) is 41.8 Å². The molecule has 3 heterocycles. The summed E-state index contributed by atoms with van der Waals surface area (Å²) in [6.45, 7) is 1.71. The average Bonchev–Trinajstić information content (AvgIpc) is 3.60. The molecule has 6 nitrogen and oxygen atoms in total. The zero-order valence-corrected chi connectivity index (χ0v) is 25.4. The summed E-state index contributed by atoms with van der Waals surface area (Å²) in [6.07, 6.45) is -7.83. The summed E-state index contributed by atoms with van der Waals surface area (Å²) in [5.74, 6) is -3.40. The predicted molar refractivity (Wildman–Crippen MR) is 160 cm³/mol. The number of pyridine rings is 1. The van der Waals surface area contributed by atoms with Crippen LogP contribution in [0.4, 0.5) is 30.7 Å². The van der Waals surface area contributed by atoms with E-state index in [1.807, 2.05) is 0 Å². The number of alkyl halides is 6. The Morgan fingerprint density at radius 3 is 2.25 bits per heavy atom. The van der Waals surface area contributed by atoms with Crippen LogP contribution >= 0.6 is 0 Å². The van der Waals surface area contributed by atoms with E-state index in [1.54, 1.807) is 19.1 Å². The molecule has 0 unspecified atom stereocenters. The summed E-state index contributed by atoms with van der Waals surface area (Å²) >= 11 is 0. The molecule has 3 aromatic carbocycles. The summed E-state index contributed by atoms with van der Waals surface area (Å²) < 4.78 is 103. The molecule has 0 saturated carbocycles. The van der Waals surface area contributed by atoms with Gasteiger partial charge in [-0.15, -0.1) is 0 Å². The molecule has 0 radical (unpaired) electrons. The highest BCUT2D eigenvalue weighted by Crippen LogP contribution is 2.52. The summed E-state index contributed by atoms with van der Waals surface area (Å²) in [7, 11) is 1.34. The van der Waals surface area contributed by atoms with Crippen LogP contribution in [0.2, 0.25) is 0 Å². The average molecular weight is 673 g/mol. The number of carbonyl (C=O) groups excluding carboxylic acids is 1. The first kappa shape index (κ1) is 33.0. The number of carboxylic acid groups (broad SMARTS) is 1. The maximum Gasteiger partial charge on any atom is 0.416 e. The maximum atomic E-state index is 14.3. The van der Waals surface area contributed by atoms with E-state index < -0.39 is 59.2 Å². The maximum absolute atomic E-state index is 14.3. The van der Waals surface area contributed by atoms with Crippen LogP contribution in [0.15, 0.2) is 66.9 Å². The van der Waals surface area contributed by atoms with E-state index >= 15 is 0 Å². The number of aryl methyl sites for hydroxylation is 1. The van der Waals surface area contributed by atoms with Gasteiger partial charge in [0.2, 0.25) is 11.8 Å². The Labute approximate surface area is 269 Å². The van der Waals surface area contributed by atoms with Gasteiger partial charge in [-0.3, -0.25) is 4.79 Å². The molecule has 0 aliphatic carbocycles. The van der Waals surface area contributed by atoms with Gasteiger partial charge in [-0.05, 0) is 96.1 Å². The third kappa shape index (κ3) is 5.97. The Balaban J connectivity index is 1.46. The van der Waals surface area contributed by atoms with Crippen molar-refractivity contribution in [2.75, 3.05) is 7.11 Å². The van der Waals surface area contributed by atoms with Gasteiger partial charge in [0, 0.05) is 35.7 Å². The topological polar surface area (TPSA) is 79.7 Å².